The largest absolute Gasteiger partial charge is 0.490 e. The number of benzene rings is 1. The summed E-state index contributed by atoms with van der Waals surface area (Å²) < 4.78 is 17.2. The van der Waals surface area contributed by atoms with Crippen molar-refractivity contribution in [3.63, 3.8) is 0 Å². The van der Waals surface area contributed by atoms with Gasteiger partial charge in [0.25, 0.3) is 5.91 Å². The van der Waals surface area contributed by atoms with E-state index >= 15 is 0 Å². The van der Waals surface area contributed by atoms with E-state index in [0.717, 1.165) is 0 Å². The average Bonchev–Trinajstić information content (AvgIpc) is 2.73. The number of rotatable bonds is 8. The molecule has 0 radical (unpaired) electrons. The fourth-order valence-electron chi connectivity index (χ4n) is 2.65. The summed E-state index contributed by atoms with van der Waals surface area (Å²) in [6.07, 6.45) is 1.37. The molecule has 0 spiro atoms. The molecule has 11 heteroatoms. The van der Waals surface area contributed by atoms with Crippen molar-refractivity contribution in [1.82, 2.24) is 15.6 Å². The first-order valence-corrected chi connectivity index (χ1v) is 10.7. The lowest BCUT2D eigenvalue weighted by Crippen LogP contribution is -2.43. The summed E-state index contributed by atoms with van der Waals surface area (Å²) in [6, 6.07) is 3.20. The van der Waals surface area contributed by atoms with E-state index < -0.39 is 11.8 Å². The molecule has 0 unspecified atom stereocenters. The van der Waals surface area contributed by atoms with Crippen molar-refractivity contribution in [2.24, 2.45) is 5.10 Å². The van der Waals surface area contributed by atoms with Crippen LogP contribution in [0.1, 0.15) is 26.3 Å². The van der Waals surface area contributed by atoms with Crippen molar-refractivity contribution in [3.8, 4) is 11.5 Å². The van der Waals surface area contributed by atoms with E-state index in [1.807, 2.05) is 6.92 Å². The van der Waals surface area contributed by atoms with Crippen LogP contribution >= 0.6 is 15.9 Å². The number of carbonyl (C=O) groups excluding carboxylic acids is 3. The third-order valence-electron chi connectivity index (χ3n) is 4.04. The predicted octanol–water partition coefficient (Wildman–Crippen LogP) is 1.06. The van der Waals surface area contributed by atoms with Gasteiger partial charge in [-0.3, -0.25) is 14.4 Å². The van der Waals surface area contributed by atoms with E-state index in [1.54, 1.807) is 30.9 Å². The molecule has 1 fully saturated rings. The highest BCUT2D eigenvalue weighted by molar-refractivity contribution is 9.10. The van der Waals surface area contributed by atoms with Crippen LogP contribution < -0.4 is 20.2 Å². The minimum absolute atomic E-state index is 0.132. The number of morpholine rings is 1. The average molecular weight is 499 g/mol. The SMILES string of the molecule is CCOc1cc(/C=N\NC(=O)C(=O)NC(C)C)cc(Br)c1OCC(=O)N1CCOCC1. The Labute approximate surface area is 189 Å². The number of nitrogens with zero attached hydrogens (tertiary/aromatic N) is 2. The smallest absolute Gasteiger partial charge is 0.329 e. The Morgan fingerprint density at radius 1 is 1.23 bits per heavy atom. The number of ether oxygens (including phenoxy) is 3. The Hall–Kier alpha value is -2.66. The number of hydrazone groups is 1. The van der Waals surface area contributed by atoms with Crippen LogP contribution in [0.5, 0.6) is 11.5 Å². The maximum atomic E-state index is 12.3. The van der Waals surface area contributed by atoms with Gasteiger partial charge in [0, 0.05) is 19.1 Å². The van der Waals surface area contributed by atoms with Gasteiger partial charge in [0.05, 0.1) is 30.5 Å². The fourth-order valence-corrected chi connectivity index (χ4v) is 3.22. The second-order valence-corrected chi connectivity index (χ2v) is 7.73. The van der Waals surface area contributed by atoms with Crippen LogP contribution in [0.4, 0.5) is 0 Å². The van der Waals surface area contributed by atoms with Gasteiger partial charge in [0.2, 0.25) is 0 Å². The maximum Gasteiger partial charge on any atom is 0.329 e. The first-order valence-electron chi connectivity index (χ1n) is 9.90. The second-order valence-electron chi connectivity index (χ2n) is 6.87. The van der Waals surface area contributed by atoms with E-state index in [9.17, 15) is 14.4 Å². The third-order valence-corrected chi connectivity index (χ3v) is 4.63. The zero-order valence-corrected chi connectivity index (χ0v) is 19.4. The minimum Gasteiger partial charge on any atom is -0.490 e. The molecule has 0 atom stereocenters. The molecule has 2 rings (SSSR count). The van der Waals surface area contributed by atoms with Crippen molar-refractivity contribution >= 4 is 39.9 Å². The lowest BCUT2D eigenvalue weighted by Gasteiger charge is -2.27. The normalized spacial score (nSPS) is 13.9. The van der Waals surface area contributed by atoms with Crippen LogP contribution in [0, 0.1) is 0 Å². The Morgan fingerprint density at radius 3 is 2.58 bits per heavy atom. The zero-order valence-electron chi connectivity index (χ0n) is 17.8. The quantitative estimate of drug-likeness (QED) is 0.314. The molecule has 1 aromatic rings. The molecule has 10 nitrogen and oxygen atoms in total. The molecule has 1 aliphatic rings. The lowest BCUT2D eigenvalue weighted by molar-refractivity contribution is -0.139. The van der Waals surface area contributed by atoms with E-state index in [-0.39, 0.29) is 18.6 Å². The van der Waals surface area contributed by atoms with E-state index in [1.165, 1.54) is 6.21 Å². The summed E-state index contributed by atoms with van der Waals surface area (Å²) in [5.41, 5.74) is 2.76. The predicted molar refractivity (Wildman–Crippen MR) is 117 cm³/mol. The van der Waals surface area contributed by atoms with Crippen molar-refractivity contribution in [1.29, 1.82) is 0 Å². The molecule has 31 heavy (non-hydrogen) atoms. The molecule has 0 bridgehead atoms. The number of hydrogen-bond acceptors (Lipinski definition) is 7. The monoisotopic (exact) mass is 498 g/mol. The van der Waals surface area contributed by atoms with E-state index in [2.05, 4.69) is 31.8 Å². The van der Waals surface area contributed by atoms with Crippen molar-refractivity contribution in [2.75, 3.05) is 39.5 Å². The zero-order chi connectivity index (χ0) is 22.8. The highest BCUT2D eigenvalue weighted by Crippen LogP contribution is 2.36. The van der Waals surface area contributed by atoms with Crippen LogP contribution in [0.2, 0.25) is 0 Å². The molecule has 0 aliphatic carbocycles. The van der Waals surface area contributed by atoms with Crippen LogP contribution in [0.15, 0.2) is 21.7 Å². The van der Waals surface area contributed by atoms with Gasteiger partial charge in [-0.2, -0.15) is 5.10 Å². The molecule has 1 aromatic carbocycles. The Balaban J connectivity index is 2.04. The summed E-state index contributed by atoms with van der Waals surface area (Å²) in [4.78, 5) is 37.3. The van der Waals surface area contributed by atoms with Gasteiger partial charge in [-0.1, -0.05) is 0 Å². The minimum atomic E-state index is -0.865. The number of carbonyl (C=O) groups is 3. The van der Waals surface area contributed by atoms with Crippen LogP contribution in [0.25, 0.3) is 0 Å². The van der Waals surface area contributed by atoms with E-state index in [0.29, 0.717) is 54.4 Å². The van der Waals surface area contributed by atoms with Crippen molar-refractivity contribution in [3.05, 3.63) is 22.2 Å². The van der Waals surface area contributed by atoms with E-state index in [4.69, 9.17) is 14.2 Å². The molecular formula is C20H27BrN4O6. The first-order chi connectivity index (χ1) is 14.8. The molecule has 0 aromatic heterocycles. The molecule has 2 N–H and O–H groups in total. The van der Waals surface area contributed by atoms with Crippen LogP contribution in [-0.2, 0) is 19.1 Å². The number of nitrogens with one attached hydrogen (secondary N) is 2. The molecule has 0 saturated carbocycles. The van der Waals surface area contributed by atoms with Gasteiger partial charge in [-0.15, -0.1) is 0 Å². The Kier molecular flexibility index (Phi) is 9.73. The first kappa shape index (κ1) is 24.6. The molecule has 170 valence electrons. The molecule has 3 amide bonds. The van der Waals surface area contributed by atoms with Gasteiger partial charge in [-0.25, -0.2) is 5.43 Å². The molecule has 1 aliphatic heterocycles. The molecular weight excluding hydrogens is 472 g/mol. The van der Waals surface area contributed by atoms with Gasteiger partial charge in [0.1, 0.15) is 0 Å². The van der Waals surface area contributed by atoms with Gasteiger partial charge < -0.3 is 24.4 Å². The maximum absolute atomic E-state index is 12.3. The number of halogens is 1. The van der Waals surface area contributed by atoms with Crippen molar-refractivity contribution in [2.45, 2.75) is 26.8 Å². The summed E-state index contributed by atoms with van der Waals surface area (Å²) in [6.45, 7) is 7.69. The third kappa shape index (κ3) is 7.83. The number of amides is 3. The van der Waals surface area contributed by atoms with Crippen LogP contribution in [-0.4, -0.2) is 74.4 Å². The summed E-state index contributed by atoms with van der Waals surface area (Å²) in [5.74, 6) is -0.962. The lowest BCUT2D eigenvalue weighted by atomic mass is 10.2. The van der Waals surface area contributed by atoms with Gasteiger partial charge in [-0.05, 0) is 54.4 Å². The standard InChI is InChI=1S/C20H27BrN4O6/c1-4-30-16-10-14(11-22-24-20(28)19(27)23-13(2)3)9-15(21)18(16)31-12-17(26)25-5-7-29-8-6-25/h9-11,13H,4-8,12H2,1-3H3,(H,23,27)(H,24,28)/b22-11-. The van der Waals surface area contributed by atoms with Crippen LogP contribution in [0.3, 0.4) is 0 Å². The van der Waals surface area contributed by atoms with Gasteiger partial charge in [0.15, 0.2) is 18.1 Å². The van der Waals surface area contributed by atoms with Crippen molar-refractivity contribution < 1.29 is 28.6 Å². The molecule has 1 heterocycles. The Morgan fingerprint density at radius 2 is 1.94 bits per heavy atom. The summed E-state index contributed by atoms with van der Waals surface area (Å²) in [5, 5.41) is 6.28. The Bertz CT molecular complexity index is 824. The highest BCUT2D eigenvalue weighted by atomic mass is 79.9. The van der Waals surface area contributed by atoms with Gasteiger partial charge >= 0.3 is 11.8 Å². The summed E-state index contributed by atoms with van der Waals surface area (Å²) >= 11 is 3.42. The molecule has 1 saturated heterocycles. The fraction of sp³-hybridized carbons (Fsp3) is 0.500. The topological polar surface area (TPSA) is 119 Å². The number of hydrogen-bond donors (Lipinski definition) is 2. The summed E-state index contributed by atoms with van der Waals surface area (Å²) in [7, 11) is 0. The highest BCUT2D eigenvalue weighted by Gasteiger charge is 2.19. The second kappa shape index (κ2) is 12.3.